The molecule has 12 heteroatoms. The lowest BCUT2D eigenvalue weighted by Gasteiger charge is -2.34. The fourth-order valence-corrected chi connectivity index (χ4v) is 6.11. The van der Waals surface area contributed by atoms with Gasteiger partial charge in [-0.3, -0.25) is 14.4 Å². The van der Waals surface area contributed by atoms with Crippen LogP contribution in [0.3, 0.4) is 0 Å². The third kappa shape index (κ3) is 4.90. The molecular weight excluding hydrogens is 543 g/mol. The van der Waals surface area contributed by atoms with Gasteiger partial charge in [0.05, 0.1) is 17.1 Å². The number of aryl methyl sites for hydroxylation is 1. The van der Waals surface area contributed by atoms with Crippen molar-refractivity contribution in [2.24, 2.45) is 0 Å². The Balaban J connectivity index is 1.42. The highest BCUT2D eigenvalue weighted by atomic mass is 35.5. The Morgan fingerprint density at radius 1 is 1.03 bits per heavy atom. The van der Waals surface area contributed by atoms with E-state index in [4.69, 9.17) is 27.9 Å². The van der Waals surface area contributed by atoms with Gasteiger partial charge in [-0.2, -0.15) is 0 Å². The SMILES string of the molecule is Cc1ccc(S(=O)(=O)N2C[C@H](C(=O)Nc3nnc(-c4ccc(Cl)cc4)s3)Oc3ccc(Cl)cc32)cc1. The first-order chi connectivity index (χ1) is 17.2. The molecule has 8 nitrogen and oxygen atoms in total. The molecule has 0 spiro atoms. The zero-order valence-corrected chi connectivity index (χ0v) is 21.8. The van der Waals surface area contributed by atoms with Gasteiger partial charge >= 0.3 is 0 Å². The smallest absolute Gasteiger partial charge is 0.269 e. The second kappa shape index (κ2) is 9.70. The molecule has 0 radical (unpaired) electrons. The molecular formula is C24H18Cl2N4O4S2. The fraction of sp³-hybridized carbons (Fsp3) is 0.125. The molecule has 1 N–H and O–H groups in total. The number of nitrogens with zero attached hydrogens (tertiary/aromatic N) is 3. The van der Waals surface area contributed by atoms with Gasteiger partial charge in [0.2, 0.25) is 5.13 Å². The summed E-state index contributed by atoms with van der Waals surface area (Å²) in [6, 6.07) is 18.2. The van der Waals surface area contributed by atoms with Crippen molar-refractivity contribution in [2.45, 2.75) is 17.9 Å². The topological polar surface area (TPSA) is 101 Å². The molecule has 1 aliphatic heterocycles. The molecule has 1 amide bonds. The number of benzene rings is 3. The van der Waals surface area contributed by atoms with Crippen LogP contribution >= 0.6 is 34.5 Å². The minimum atomic E-state index is -4.01. The third-order valence-corrected chi connectivity index (χ3v) is 8.61. The van der Waals surface area contributed by atoms with E-state index in [1.165, 1.54) is 29.5 Å². The van der Waals surface area contributed by atoms with Crippen LogP contribution in [0.4, 0.5) is 10.8 Å². The van der Waals surface area contributed by atoms with Gasteiger partial charge in [-0.05, 0) is 49.4 Å². The summed E-state index contributed by atoms with van der Waals surface area (Å²) in [7, 11) is -4.01. The highest BCUT2D eigenvalue weighted by Crippen LogP contribution is 2.39. The molecule has 3 aromatic carbocycles. The number of ether oxygens (including phenoxy) is 1. The predicted molar refractivity (Wildman–Crippen MR) is 141 cm³/mol. The van der Waals surface area contributed by atoms with Gasteiger partial charge in [0.15, 0.2) is 6.10 Å². The first-order valence-electron chi connectivity index (χ1n) is 10.7. The number of halogens is 2. The number of amides is 1. The highest BCUT2D eigenvalue weighted by Gasteiger charge is 2.38. The van der Waals surface area contributed by atoms with Gasteiger partial charge in [0, 0.05) is 15.6 Å². The average molecular weight is 561 g/mol. The number of hydrogen-bond donors (Lipinski definition) is 1. The van der Waals surface area contributed by atoms with Crippen molar-refractivity contribution >= 4 is 61.3 Å². The van der Waals surface area contributed by atoms with E-state index in [-0.39, 0.29) is 28.0 Å². The minimum absolute atomic E-state index is 0.0943. The number of carbonyl (C=O) groups excluding carboxylic acids is 1. The normalized spacial score (nSPS) is 15.2. The molecule has 1 aliphatic rings. The van der Waals surface area contributed by atoms with Crippen molar-refractivity contribution in [3.05, 3.63) is 82.3 Å². The summed E-state index contributed by atoms with van der Waals surface area (Å²) in [5, 5.41) is 12.6. The van der Waals surface area contributed by atoms with E-state index in [1.807, 2.05) is 6.92 Å². The molecule has 36 heavy (non-hydrogen) atoms. The van der Waals surface area contributed by atoms with E-state index in [0.29, 0.717) is 15.1 Å². The second-order valence-electron chi connectivity index (χ2n) is 7.98. The Hall–Kier alpha value is -3.18. The zero-order valence-electron chi connectivity index (χ0n) is 18.7. The van der Waals surface area contributed by atoms with Crippen LogP contribution in [0, 0.1) is 6.92 Å². The van der Waals surface area contributed by atoms with Crippen LogP contribution in [0.15, 0.2) is 71.6 Å². The van der Waals surface area contributed by atoms with Crippen molar-refractivity contribution in [1.29, 1.82) is 0 Å². The summed E-state index contributed by atoms with van der Waals surface area (Å²) < 4.78 is 34.1. The van der Waals surface area contributed by atoms with Crippen LogP contribution in [0.25, 0.3) is 10.6 Å². The average Bonchev–Trinajstić information content (AvgIpc) is 3.32. The summed E-state index contributed by atoms with van der Waals surface area (Å²) in [4.78, 5) is 13.2. The van der Waals surface area contributed by atoms with E-state index in [0.717, 1.165) is 15.4 Å². The van der Waals surface area contributed by atoms with Gasteiger partial charge in [0.1, 0.15) is 10.8 Å². The predicted octanol–water partition coefficient (Wildman–Crippen LogP) is 5.42. The van der Waals surface area contributed by atoms with E-state index in [1.54, 1.807) is 48.5 Å². The third-order valence-electron chi connectivity index (χ3n) is 5.44. The lowest BCUT2D eigenvalue weighted by atomic mass is 10.2. The standard InChI is InChI=1S/C24H18Cl2N4O4S2/c1-14-2-9-18(10-3-14)36(32,33)30-13-21(34-20-11-8-17(26)12-19(20)30)22(31)27-24-29-28-23(35-24)15-4-6-16(25)7-5-15/h2-12,21H,13H2,1H3,(H,27,29,31)/t21-/m1/s1. The number of carbonyl (C=O) groups is 1. The number of rotatable bonds is 5. The van der Waals surface area contributed by atoms with E-state index < -0.39 is 22.0 Å². The van der Waals surface area contributed by atoms with E-state index >= 15 is 0 Å². The first-order valence-corrected chi connectivity index (χ1v) is 13.7. The molecule has 5 rings (SSSR count). The van der Waals surface area contributed by atoms with E-state index in [2.05, 4.69) is 15.5 Å². The lowest BCUT2D eigenvalue weighted by Crippen LogP contribution is -2.48. The first kappa shape index (κ1) is 24.5. The number of nitrogens with one attached hydrogen (secondary N) is 1. The molecule has 2 heterocycles. The molecule has 0 unspecified atom stereocenters. The number of aromatic nitrogens is 2. The van der Waals surface area contributed by atoms with Crippen LogP contribution in [0.2, 0.25) is 10.0 Å². The summed E-state index contributed by atoms with van der Waals surface area (Å²) in [5.41, 5.74) is 1.98. The van der Waals surface area contributed by atoms with Crippen molar-refractivity contribution in [1.82, 2.24) is 10.2 Å². The van der Waals surface area contributed by atoms with Gasteiger partial charge in [-0.25, -0.2) is 8.42 Å². The van der Waals surface area contributed by atoms with Crippen LogP contribution in [-0.4, -0.2) is 37.2 Å². The van der Waals surface area contributed by atoms with Crippen LogP contribution in [-0.2, 0) is 14.8 Å². The number of fused-ring (bicyclic) bond motifs is 1. The van der Waals surface area contributed by atoms with E-state index in [9.17, 15) is 13.2 Å². The largest absolute Gasteiger partial charge is 0.476 e. The number of anilines is 2. The quantitative estimate of drug-likeness (QED) is 0.350. The maximum atomic E-state index is 13.5. The Morgan fingerprint density at radius 3 is 2.44 bits per heavy atom. The van der Waals surface area contributed by atoms with Gasteiger partial charge in [0.25, 0.3) is 15.9 Å². The lowest BCUT2D eigenvalue weighted by molar-refractivity contribution is -0.122. The fourth-order valence-electron chi connectivity index (χ4n) is 3.59. The molecule has 0 saturated carbocycles. The number of hydrogen-bond acceptors (Lipinski definition) is 7. The zero-order chi connectivity index (χ0) is 25.4. The molecule has 0 fully saturated rings. The monoisotopic (exact) mass is 560 g/mol. The van der Waals surface area contributed by atoms with Crippen molar-refractivity contribution in [3.8, 4) is 16.3 Å². The molecule has 0 bridgehead atoms. The number of sulfonamides is 1. The Kier molecular flexibility index (Phi) is 6.60. The summed E-state index contributed by atoms with van der Waals surface area (Å²) in [6.45, 7) is 1.62. The molecule has 0 aliphatic carbocycles. The Bertz CT molecular complexity index is 1540. The molecule has 0 saturated heterocycles. The second-order valence-corrected chi connectivity index (χ2v) is 11.7. The van der Waals surface area contributed by atoms with Gasteiger partial charge < -0.3 is 4.74 Å². The maximum Gasteiger partial charge on any atom is 0.269 e. The van der Waals surface area contributed by atoms with Gasteiger partial charge in [-0.1, -0.05) is 64.4 Å². The molecule has 1 aromatic heterocycles. The maximum absolute atomic E-state index is 13.5. The van der Waals surface area contributed by atoms with Crippen molar-refractivity contribution < 1.29 is 17.9 Å². The van der Waals surface area contributed by atoms with Crippen LogP contribution in [0.5, 0.6) is 5.75 Å². The summed E-state index contributed by atoms with van der Waals surface area (Å²) in [6.07, 6.45) is -1.14. The summed E-state index contributed by atoms with van der Waals surface area (Å²) >= 11 is 13.3. The van der Waals surface area contributed by atoms with Crippen molar-refractivity contribution in [3.63, 3.8) is 0 Å². The Labute approximate surface area is 221 Å². The molecule has 4 aromatic rings. The Morgan fingerprint density at radius 2 is 1.72 bits per heavy atom. The molecule has 1 atom stereocenters. The van der Waals surface area contributed by atoms with Crippen LogP contribution in [0.1, 0.15) is 5.56 Å². The molecule has 184 valence electrons. The minimum Gasteiger partial charge on any atom is -0.476 e. The summed E-state index contributed by atoms with van der Waals surface area (Å²) in [5.74, 6) is -0.334. The van der Waals surface area contributed by atoms with Crippen molar-refractivity contribution in [2.75, 3.05) is 16.2 Å². The van der Waals surface area contributed by atoms with Crippen LogP contribution < -0.4 is 14.4 Å². The highest BCUT2D eigenvalue weighted by molar-refractivity contribution is 7.92. The van der Waals surface area contributed by atoms with Gasteiger partial charge in [-0.15, -0.1) is 10.2 Å².